The van der Waals surface area contributed by atoms with E-state index in [0.29, 0.717) is 13.2 Å². The van der Waals surface area contributed by atoms with E-state index in [1.165, 1.54) is 34.6 Å². The molecule has 0 unspecified atom stereocenters. The van der Waals surface area contributed by atoms with Gasteiger partial charge in [-0.25, -0.2) is 8.42 Å². The fourth-order valence-corrected chi connectivity index (χ4v) is 4.55. The number of nitrogens with zero attached hydrogens (tertiary/aromatic N) is 1. The van der Waals surface area contributed by atoms with E-state index in [-0.39, 0.29) is 34.1 Å². The van der Waals surface area contributed by atoms with Crippen LogP contribution in [0, 0.1) is 0 Å². The van der Waals surface area contributed by atoms with Gasteiger partial charge in [0.05, 0.1) is 35.2 Å². The quantitative estimate of drug-likeness (QED) is 0.517. The Balaban J connectivity index is 1.54. The van der Waals surface area contributed by atoms with Crippen LogP contribution >= 0.6 is 11.6 Å². The van der Waals surface area contributed by atoms with Gasteiger partial charge in [-0.3, -0.25) is 25.2 Å². The molecule has 2 aromatic rings. The molecular formula is C20H21ClN4O6S. The molecule has 3 amide bonds. The number of rotatable bonds is 6. The third-order valence-corrected chi connectivity index (χ3v) is 6.77. The Labute approximate surface area is 189 Å². The lowest BCUT2D eigenvalue weighted by atomic mass is 10.2. The van der Waals surface area contributed by atoms with Gasteiger partial charge in [0, 0.05) is 18.7 Å². The normalized spacial score (nSPS) is 14.4. The van der Waals surface area contributed by atoms with Crippen LogP contribution in [0.25, 0.3) is 0 Å². The van der Waals surface area contributed by atoms with Gasteiger partial charge in [0.25, 0.3) is 17.7 Å². The largest absolute Gasteiger partial charge is 0.379 e. The predicted molar refractivity (Wildman–Crippen MR) is 115 cm³/mol. The summed E-state index contributed by atoms with van der Waals surface area (Å²) >= 11 is 5.93. The second-order valence-electron chi connectivity index (χ2n) is 6.71. The highest BCUT2D eigenvalue weighted by atomic mass is 35.5. The van der Waals surface area contributed by atoms with E-state index in [1.54, 1.807) is 18.2 Å². The van der Waals surface area contributed by atoms with E-state index < -0.39 is 34.3 Å². The van der Waals surface area contributed by atoms with E-state index >= 15 is 0 Å². The number of halogens is 1. The zero-order valence-corrected chi connectivity index (χ0v) is 18.4. The zero-order valence-electron chi connectivity index (χ0n) is 16.8. The standard InChI is InChI=1S/C20H21ClN4O6S/c21-17-7-2-1-6-16(17)20(28)22-13-18(26)23-24-19(27)14-4-3-5-15(12-14)32(29,30)25-8-10-31-11-9-25/h1-7,12H,8-11,13H2,(H,22,28)(H,23,26)(H,24,27). The van der Waals surface area contributed by atoms with Crippen LogP contribution in [0.4, 0.5) is 0 Å². The molecule has 0 spiro atoms. The van der Waals surface area contributed by atoms with Gasteiger partial charge in [0.2, 0.25) is 10.0 Å². The van der Waals surface area contributed by atoms with Crippen molar-refractivity contribution in [1.29, 1.82) is 0 Å². The number of carbonyl (C=O) groups excluding carboxylic acids is 3. The Morgan fingerprint density at radius 3 is 2.41 bits per heavy atom. The second-order valence-corrected chi connectivity index (χ2v) is 9.05. The van der Waals surface area contributed by atoms with Crippen LogP contribution in [-0.2, 0) is 19.6 Å². The predicted octanol–water partition coefficient (Wildman–Crippen LogP) is 0.552. The fourth-order valence-electron chi connectivity index (χ4n) is 2.88. The van der Waals surface area contributed by atoms with Gasteiger partial charge in [-0.2, -0.15) is 4.31 Å². The van der Waals surface area contributed by atoms with Crippen LogP contribution in [0.2, 0.25) is 5.02 Å². The summed E-state index contributed by atoms with van der Waals surface area (Å²) < 4.78 is 31.9. The van der Waals surface area contributed by atoms with Crippen molar-refractivity contribution in [1.82, 2.24) is 20.5 Å². The minimum atomic E-state index is -3.77. The molecular weight excluding hydrogens is 460 g/mol. The van der Waals surface area contributed by atoms with Gasteiger partial charge in [0.15, 0.2) is 0 Å². The van der Waals surface area contributed by atoms with Gasteiger partial charge >= 0.3 is 0 Å². The highest BCUT2D eigenvalue weighted by Gasteiger charge is 2.27. The lowest BCUT2D eigenvalue weighted by Gasteiger charge is -2.26. The smallest absolute Gasteiger partial charge is 0.269 e. The number of ether oxygens (including phenoxy) is 1. The minimum absolute atomic E-state index is 0.0367. The third-order valence-electron chi connectivity index (χ3n) is 4.55. The number of sulfonamides is 1. The molecule has 170 valence electrons. The highest BCUT2D eigenvalue weighted by Crippen LogP contribution is 2.18. The topological polar surface area (TPSA) is 134 Å². The van der Waals surface area contributed by atoms with Gasteiger partial charge in [-0.05, 0) is 30.3 Å². The lowest BCUT2D eigenvalue weighted by molar-refractivity contribution is -0.120. The van der Waals surface area contributed by atoms with Crippen LogP contribution in [0.5, 0.6) is 0 Å². The maximum atomic E-state index is 12.7. The molecule has 0 atom stereocenters. The van der Waals surface area contributed by atoms with E-state index in [9.17, 15) is 22.8 Å². The molecule has 2 aromatic carbocycles. The van der Waals surface area contributed by atoms with Crippen molar-refractivity contribution in [3.63, 3.8) is 0 Å². The summed E-state index contributed by atoms with van der Waals surface area (Å²) in [7, 11) is -3.77. The van der Waals surface area contributed by atoms with Crippen molar-refractivity contribution < 1.29 is 27.5 Å². The summed E-state index contributed by atoms with van der Waals surface area (Å²) in [5.74, 6) is -1.94. The Kier molecular flexibility index (Phi) is 7.80. The summed E-state index contributed by atoms with van der Waals surface area (Å²) in [6.07, 6.45) is 0. The van der Waals surface area contributed by atoms with Crippen LogP contribution in [0.15, 0.2) is 53.4 Å². The fraction of sp³-hybridized carbons (Fsp3) is 0.250. The molecule has 1 fully saturated rings. The average Bonchev–Trinajstić information content (AvgIpc) is 2.82. The molecule has 1 heterocycles. The average molecular weight is 481 g/mol. The number of hydrazine groups is 1. The number of hydrogen-bond acceptors (Lipinski definition) is 6. The van der Waals surface area contributed by atoms with Gasteiger partial charge < -0.3 is 10.1 Å². The number of nitrogens with one attached hydrogen (secondary N) is 3. The molecule has 1 saturated heterocycles. The van der Waals surface area contributed by atoms with Crippen molar-refractivity contribution in [3.05, 3.63) is 64.7 Å². The summed E-state index contributed by atoms with van der Waals surface area (Å²) in [5, 5.41) is 2.63. The molecule has 3 N–H and O–H groups in total. The Morgan fingerprint density at radius 1 is 0.969 bits per heavy atom. The van der Waals surface area contributed by atoms with Crippen LogP contribution in [0.1, 0.15) is 20.7 Å². The molecule has 1 aliphatic rings. The van der Waals surface area contributed by atoms with Crippen LogP contribution in [0.3, 0.4) is 0 Å². The van der Waals surface area contributed by atoms with Gasteiger partial charge in [-0.15, -0.1) is 0 Å². The monoisotopic (exact) mass is 480 g/mol. The molecule has 0 aromatic heterocycles. The first kappa shape index (κ1) is 23.7. The number of carbonyl (C=O) groups is 3. The summed E-state index contributed by atoms with van der Waals surface area (Å²) in [6.45, 7) is 0.663. The SMILES string of the molecule is O=C(CNC(=O)c1ccccc1Cl)NNC(=O)c1cccc(S(=O)(=O)N2CCOCC2)c1. The van der Waals surface area contributed by atoms with Gasteiger partial charge in [-0.1, -0.05) is 29.8 Å². The molecule has 32 heavy (non-hydrogen) atoms. The van der Waals surface area contributed by atoms with Crippen molar-refractivity contribution in [2.45, 2.75) is 4.90 Å². The maximum absolute atomic E-state index is 12.7. The lowest BCUT2D eigenvalue weighted by Crippen LogP contribution is -2.46. The minimum Gasteiger partial charge on any atom is -0.379 e. The molecule has 0 radical (unpaired) electrons. The molecule has 0 saturated carbocycles. The Hall–Kier alpha value is -2.99. The first-order valence-electron chi connectivity index (χ1n) is 9.59. The maximum Gasteiger partial charge on any atom is 0.269 e. The zero-order chi connectivity index (χ0) is 23.1. The third kappa shape index (κ3) is 5.82. The van der Waals surface area contributed by atoms with E-state index in [2.05, 4.69) is 16.2 Å². The molecule has 10 nitrogen and oxygen atoms in total. The van der Waals surface area contributed by atoms with Crippen LogP contribution in [-0.4, -0.2) is 63.3 Å². The van der Waals surface area contributed by atoms with E-state index in [0.717, 1.165) is 0 Å². The van der Waals surface area contributed by atoms with Crippen LogP contribution < -0.4 is 16.2 Å². The van der Waals surface area contributed by atoms with E-state index in [1.807, 2.05) is 0 Å². The Morgan fingerprint density at radius 2 is 1.69 bits per heavy atom. The van der Waals surface area contributed by atoms with Crippen molar-refractivity contribution in [3.8, 4) is 0 Å². The summed E-state index contributed by atoms with van der Waals surface area (Å²) in [5.41, 5.74) is 4.60. The number of morpholine rings is 1. The first-order chi connectivity index (χ1) is 15.3. The number of hydrogen-bond donors (Lipinski definition) is 3. The molecule has 3 rings (SSSR count). The number of benzene rings is 2. The molecule has 1 aliphatic heterocycles. The number of amides is 3. The molecule has 0 aliphatic carbocycles. The van der Waals surface area contributed by atoms with Crippen molar-refractivity contribution in [2.75, 3.05) is 32.8 Å². The molecule has 0 bridgehead atoms. The van der Waals surface area contributed by atoms with Gasteiger partial charge in [0.1, 0.15) is 0 Å². The summed E-state index contributed by atoms with van der Waals surface area (Å²) in [4.78, 5) is 36.3. The molecule has 12 heteroatoms. The Bertz CT molecular complexity index is 1120. The second kappa shape index (κ2) is 10.6. The summed E-state index contributed by atoms with van der Waals surface area (Å²) in [6, 6.07) is 11.8. The van der Waals surface area contributed by atoms with Crippen molar-refractivity contribution in [2.24, 2.45) is 0 Å². The van der Waals surface area contributed by atoms with E-state index in [4.69, 9.17) is 16.3 Å². The highest BCUT2D eigenvalue weighted by molar-refractivity contribution is 7.89. The first-order valence-corrected chi connectivity index (χ1v) is 11.4. The van der Waals surface area contributed by atoms with Crippen molar-refractivity contribution >= 4 is 39.3 Å².